The van der Waals surface area contributed by atoms with Gasteiger partial charge in [0.1, 0.15) is 11.6 Å². The van der Waals surface area contributed by atoms with E-state index in [0.29, 0.717) is 0 Å². The van der Waals surface area contributed by atoms with Crippen molar-refractivity contribution in [3.8, 4) is 0 Å². The maximum Gasteiger partial charge on any atom is 0.324 e. The first-order chi connectivity index (χ1) is 6.80. The van der Waals surface area contributed by atoms with E-state index < -0.39 is 23.6 Å². The molecule has 0 aromatic rings. The summed E-state index contributed by atoms with van der Waals surface area (Å²) in [4.78, 5) is 22.5. The molecule has 0 saturated carbocycles. The van der Waals surface area contributed by atoms with Gasteiger partial charge in [0, 0.05) is 0 Å². The van der Waals surface area contributed by atoms with E-state index in [9.17, 15) is 9.59 Å². The number of nitrogens with one attached hydrogen (secondary N) is 1. The summed E-state index contributed by atoms with van der Waals surface area (Å²) < 4.78 is 9.60. The molecule has 0 heterocycles. The van der Waals surface area contributed by atoms with E-state index in [0.717, 1.165) is 0 Å². The van der Waals surface area contributed by atoms with Crippen LogP contribution in [0.1, 0.15) is 27.2 Å². The Hall–Kier alpha value is -1.10. The standard InChI is InChI=1S/C10H19NO4/c1-10(2,3)15-9(13)7(11-4)6-8(12)14-5/h7,11H,6H2,1-5H3. The van der Waals surface area contributed by atoms with Gasteiger partial charge in [0.15, 0.2) is 0 Å². The summed E-state index contributed by atoms with van der Waals surface area (Å²) in [5.41, 5.74) is -0.553. The lowest BCUT2D eigenvalue weighted by Crippen LogP contribution is -2.41. The average molecular weight is 217 g/mol. The molecule has 5 heteroatoms. The van der Waals surface area contributed by atoms with Crippen LogP contribution < -0.4 is 5.32 Å². The van der Waals surface area contributed by atoms with Crippen LogP contribution >= 0.6 is 0 Å². The lowest BCUT2D eigenvalue weighted by Gasteiger charge is -2.23. The van der Waals surface area contributed by atoms with Gasteiger partial charge in [-0.1, -0.05) is 0 Å². The molecule has 0 aromatic carbocycles. The molecule has 0 aromatic heterocycles. The minimum Gasteiger partial charge on any atom is -0.469 e. The third kappa shape index (κ3) is 6.06. The Morgan fingerprint density at radius 3 is 2.20 bits per heavy atom. The summed E-state index contributed by atoms with van der Waals surface area (Å²) in [6, 6.07) is -0.656. The molecule has 0 rings (SSSR count). The summed E-state index contributed by atoms with van der Waals surface area (Å²) in [5, 5.41) is 2.71. The summed E-state index contributed by atoms with van der Waals surface area (Å²) in [7, 11) is 2.88. The monoisotopic (exact) mass is 217 g/mol. The Balaban J connectivity index is 4.29. The smallest absolute Gasteiger partial charge is 0.324 e. The molecule has 0 radical (unpaired) electrons. The molecule has 0 aliphatic heterocycles. The molecule has 1 N–H and O–H groups in total. The molecule has 5 nitrogen and oxygen atoms in total. The first-order valence-corrected chi connectivity index (χ1v) is 4.77. The van der Waals surface area contributed by atoms with Gasteiger partial charge in [0.2, 0.25) is 0 Å². The van der Waals surface area contributed by atoms with Crippen LogP contribution in [0, 0.1) is 0 Å². The largest absolute Gasteiger partial charge is 0.469 e. The Kier molecular flexibility index (Phi) is 5.28. The Morgan fingerprint density at radius 1 is 1.33 bits per heavy atom. The predicted molar refractivity (Wildman–Crippen MR) is 55.3 cm³/mol. The molecule has 0 spiro atoms. The highest BCUT2D eigenvalue weighted by Crippen LogP contribution is 2.09. The van der Waals surface area contributed by atoms with Crippen LogP contribution in [0.3, 0.4) is 0 Å². The number of hydrogen-bond acceptors (Lipinski definition) is 5. The minimum atomic E-state index is -0.656. The summed E-state index contributed by atoms with van der Waals surface area (Å²) >= 11 is 0. The van der Waals surface area contributed by atoms with Crippen molar-refractivity contribution in [1.82, 2.24) is 5.32 Å². The van der Waals surface area contributed by atoms with E-state index in [1.807, 2.05) is 0 Å². The van der Waals surface area contributed by atoms with Gasteiger partial charge in [-0.15, -0.1) is 0 Å². The summed E-state index contributed by atoms with van der Waals surface area (Å²) in [5.74, 6) is -0.893. The second-order valence-corrected chi connectivity index (χ2v) is 4.15. The Morgan fingerprint density at radius 2 is 1.87 bits per heavy atom. The van der Waals surface area contributed by atoms with Gasteiger partial charge < -0.3 is 14.8 Å². The highest BCUT2D eigenvalue weighted by atomic mass is 16.6. The van der Waals surface area contributed by atoms with Crippen LogP contribution in [-0.4, -0.2) is 37.7 Å². The number of ether oxygens (including phenoxy) is 2. The molecule has 0 aliphatic carbocycles. The van der Waals surface area contributed by atoms with Gasteiger partial charge in [-0.05, 0) is 27.8 Å². The van der Waals surface area contributed by atoms with E-state index in [4.69, 9.17) is 4.74 Å². The van der Waals surface area contributed by atoms with Gasteiger partial charge in [0.05, 0.1) is 13.5 Å². The predicted octanol–water partition coefficient (Wildman–Crippen LogP) is 0.479. The van der Waals surface area contributed by atoms with Crippen molar-refractivity contribution in [1.29, 1.82) is 0 Å². The second kappa shape index (κ2) is 5.70. The molecule has 0 aliphatic rings. The molecule has 15 heavy (non-hydrogen) atoms. The number of carbonyl (C=O) groups is 2. The zero-order valence-corrected chi connectivity index (χ0v) is 9.92. The van der Waals surface area contributed by atoms with Gasteiger partial charge in [-0.2, -0.15) is 0 Å². The van der Waals surface area contributed by atoms with Crippen LogP contribution in [0.2, 0.25) is 0 Å². The van der Waals surface area contributed by atoms with Crippen molar-refractivity contribution in [3.05, 3.63) is 0 Å². The van der Waals surface area contributed by atoms with E-state index >= 15 is 0 Å². The molecular formula is C10H19NO4. The van der Waals surface area contributed by atoms with Crippen molar-refractivity contribution in [2.45, 2.75) is 38.8 Å². The zero-order chi connectivity index (χ0) is 12.1. The molecule has 0 amide bonds. The van der Waals surface area contributed by atoms with Crippen LogP contribution in [-0.2, 0) is 19.1 Å². The number of methoxy groups -OCH3 is 1. The maximum atomic E-state index is 11.5. The zero-order valence-electron chi connectivity index (χ0n) is 9.92. The fourth-order valence-corrected chi connectivity index (χ4v) is 0.926. The quantitative estimate of drug-likeness (QED) is 0.694. The third-order valence-corrected chi connectivity index (χ3v) is 1.64. The number of likely N-dealkylation sites (N-methyl/N-ethyl adjacent to an activating group) is 1. The molecule has 0 saturated heterocycles. The number of rotatable bonds is 4. The van der Waals surface area contributed by atoms with E-state index in [1.165, 1.54) is 7.11 Å². The number of carbonyl (C=O) groups excluding carboxylic acids is 2. The van der Waals surface area contributed by atoms with Crippen molar-refractivity contribution in [2.24, 2.45) is 0 Å². The van der Waals surface area contributed by atoms with E-state index in [2.05, 4.69) is 10.1 Å². The molecule has 88 valence electrons. The van der Waals surface area contributed by atoms with E-state index in [1.54, 1.807) is 27.8 Å². The lowest BCUT2D eigenvalue weighted by atomic mass is 10.1. The van der Waals surface area contributed by atoms with Crippen molar-refractivity contribution >= 4 is 11.9 Å². The van der Waals surface area contributed by atoms with Crippen molar-refractivity contribution < 1.29 is 19.1 Å². The van der Waals surface area contributed by atoms with Crippen LogP contribution in [0.4, 0.5) is 0 Å². The van der Waals surface area contributed by atoms with Gasteiger partial charge in [-0.3, -0.25) is 9.59 Å². The minimum absolute atomic E-state index is 0.0259. The van der Waals surface area contributed by atoms with Crippen molar-refractivity contribution in [2.75, 3.05) is 14.2 Å². The molecule has 1 unspecified atom stereocenters. The molecule has 0 bridgehead atoms. The number of esters is 2. The molecule has 0 fully saturated rings. The maximum absolute atomic E-state index is 11.5. The SMILES string of the molecule is CNC(CC(=O)OC)C(=O)OC(C)(C)C. The molecular weight excluding hydrogens is 198 g/mol. The lowest BCUT2D eigenvalue weighted by molar-refractivity contribution is -0.160. The summed E-state index contributed by atoms with van der Waals surface area (Å²) in [6.45, 7) is 5.32. The normalized spacial score (nSPS) is 13.1. The Labute approximate surface area is 90.1 Å². The van der Waals surface area contributed by atoms with Gasteiger partial charge in [0.25, 0.3) is 0 Å². The fourth-order valence-electron chi connectivity index (χ4n) is 0.926. The highest BCUT2D eigenvalue weighted by Gasteiger charge is 2.26. The van der Waals surface area contributed by atoms with Gasteiger partial charge >= 0.3 is 11.9 Å². The topological polar surface area (TPSA) is 64.6 Å². The summed E-state index contributed by atoms with van der Waals surface area (Å²) in [6.07, 6.45) is -0.0259. The van der Waals surface area contributed by atoms with Crippen LogP contribution in [0.25, 0.3) is 0 Å². The van der Waals surface area contributed by atoms with Crippen molar-refractivity contribution in [3.63, 3.8) is 0 Å². The number of hydrogen-bond donors (Lipinski definition) is 1. The van der Waals surface area contributed by atoms with Crippen LogP contribution in [0.5, 0.6) is 0 Å². The average Bonchev–Trinajstić information content (AvgIpc) is 2.10. The first-order valence-electron chi connectivity index (χ1n) is 4.77. The van der Waals surface area contributed by atoms with Gasteiger partial charge in [-0.25, -0.2) is 0 Å². The highest BCUT2D eigenvalue weighted by molar-refractivity contribution is 5.82. The fraction of sp³-hybridized carbons (Fsp3) is 0.800. The van der Waals surface area contributed by atoms with E-state index in [-0.39, 0.29) is 6.42 Å². The van der Waals surface area contributed by atoms with Crippen LogP contribution in [0.15, 0.2) is 0 Å². The second-order valence-electron chi connectivity index (χ2n) is 4.15. The Bertz CT molecular complexity index is 232. The third-order valence-electron chi connectivity index (χ3n) is 1.64. The molecule has 1 atom stereocenters. The first kappa shape index (κ1) is 13.9.